The third-order valence-corrected chi connectivity index (χ3v) is 5.78. The Morgan fingerprint density at radius 2 is 1.89 bits per heavy atom. The van der Waals surface area contributed by atoms with Crippen LogP contribution in [0.2, 0.25) is 0 Å². The van der Waals surface area contributed by atoms with Gasteiger partial charge in [-0.3, -0.25) is 13.9 Å². The Morgan fingerprint density at radius 3 is 2.37 bits per heavy atom. The molecule has 6 nitrogen and oxygen atoms in total. The van der Waals surface area contributed by atoms with Crippen molar-refractivity contribution in [2.75, 3.05) is 5.75 Å². The molecule has 0 radical (unpaired) electrons. The first-order valence-electron chi connectivity index (χ1n) is 5.92. The van der Waals surface area contributed by atoms with E-state index in [4.69, 9.17) is 0 Å². The van der Waals surface area contributed by atoms with Gasteiger partial charge >= 0.3 is 5.69 Å². The highest BCUT2D eigenvalue weighted by molar-refractivity contribution is 14.1. The van der Waals surface area contributed by atoms with Crippen LogP contribution in [-0.4, -0.2) is 28.6 Å². The third kappa shape index (κ3) is 3.68. The number of rotatable bonds is 5. The molecule has 0 bridgehead atoms. The van der Waals surface area contributed by atoms with Gasteiger partial charge in [0.05, 0.1) is 14.6 Å². The van der Waals surface area contributed by atoms with Crippen molar-refractivity contribution >= 4 is 32.4 Å². The fourth-order valence-electron chi connectivity index (χ4n) is 1.50. The monoisotopic (exact) mass is 400 g/mol. The predicted octanol–water partition coefficient (Wildman–Crippen LogP) is 0.458. The van der Waals surface area contributed by atoms with Crippen molar-refractivity contribution in [2.45, 2.75) is 39.1 Å². The molecule has 0 amide bonds. The average molecular weight is 400 g/mol. The second-order valence-electron chi connectivity index (χ2n) is 4.42. The Bertz CT molecular complexity index is 673. The van der Waals surface area contributed by atoms with Crippen LogP contribution >= 0.6 is 22.6 Å². The second kappa shape index (κ2) is 6.21. The van der Waals surface area contributed by atoms with Crippen LogP contribution in [0.25, 0.3) is 0 Å². The topological polar surface area (TPSA) is 78.1 Å². The number of aryl methyl sites for hydroxylation is 1. The van der Waals surface area contributed by atoms with E-state index in [-0.39, 0.29) is 12.3 Å². The molecule has 8 heteroatoms. The summed E-state index contributed by atoms with van der Waals surface area (Å²) in [6, 6.07) is 0. The molecule has 1 aromatic rings. The smallest absolute Gasteiger partial charge is 0.300 e. The lowest BCUT2D eigenvalue weighted by atomic mass is 10.5. The number of aromatic nitrogens is 2. The maximum Gasteiger partial charge on any atom is 0.331 e. The summed E-state index contributed by atoms with van der Waals surface area (Å²) in [5.41, 5.74) is -0.902. The summed E-state index contributed by atoms with van der Waals surface area (Å²) in [5, 5.41) is -0.514. The Morgan fingerprint density at radius 1 is 1.32 bits per heavy atom. The molecule has 1 heterocycles. The first-order chi connectivity index (χ1) is 8.70. The van der Waals surface area contributed by atoms with Crippen LogP contribution in [0, 0.1) is 3.57 Å². The number of hydrogen-bond acceptors (Lipinski definition) is 4. The van der Waals surface area contributed by atoms with Crippen molar-refractivity contribution in [3.63, 3.8) is 0 Å². The van der Waals surface area contributed by atoms with Gasteiger partial charge in [0.2, 0.25) is 0 Å². The van der Waals surface area contributed by atoms with Crippen LogP contribution in [0.1, 0.15) is 20.8 Å². The first kappa shape index (κ1) is 16.4. The lowest BCUT2D eigenvalue weighted by Gasteiger charge is -2.11. The minimum Gasteiger partial charge on any atom is -0.300 e. The maximum absolute atomic E-state index is 12.0. The molecule has 0 spiro atoms. The first-order valence-corrected chi connectivity index (χ1v) is 8.71. The standard InChI is InChI=1S/C11H17IN2O4S/c1-4-13-7-9(12)10(15)14(11(13)16)5-6-19(17,18)8(2)3/h7-8H,4-6H2,1-3H3. The van der Waals surface area contributed by atoms with Gasteiger partial charge in [-0.25, -0.2) is 13.2 Å². The van der Waals surface area contributed by atoms with Gasteiger partial charge in [-0.05, 0) is 43.4 Å². The van der Waals surface area contributed by atoms with Crippen molar-refractivity contribution in [1.82, 2.24) is 9.13 Å². The molecule has 0 fully saturated rings. The molecule has 0 saturated heterocycles. The highest BCUT2D eigenvalue weighted by Crippen LogP contribution is 2.01. The second-order valence-corrected chi connectivity index (χ2v) is 8.26. The van der Waals surface area contributed by atoms with Crippen molar-refractivity contribution in [3.8, 4) is 0 Å². The molecule has 108 valence electrons. The Balaban J connectivity index is 3.20. The van der Waals surface area contributed by atoms with Crippen LogP contribution in [0.5, 0.6) is 0 Å². The van der Waals surface area contributed by atoms with Gasteiger partial charge in [0, 0.05) is 19.3 Å². The molecule has 0 N–H and O–H groups in total. The van der Waals surface area contributed by atoms with Crippen LogP contribution < -0.4 is 11.2 Å². The zero-order valence-corrected chi connectivity index (χ0v) is 14.1. The zero-order chi connectivity index (χ0) is 14.8. The van der Waals surface area contributed by atoms with Gasteiger partial charge in [-0.15, -0.1) is 0 Å². The molecular weight excluding hydrogens is 383 g/mol. The number of sulfone groups is 1. The van der Waals surface area contributed by atoms with Gasteiger partial charge in [0.15, 0.2) is 9.84 Å². The molecule has 0 aliphatic heterocycles. The van der Waals surface area contributed by atoms with Crippen molar-refractivity contribution < 1.29 is 8.42 Å². The van der Waals surface area contributed by atoms with Gasteiger partial charge < -0.3 is 0 Å². The maximum atomic E-state index is 12.0. The lowest BCUT2D eigenvalue weighted by molar-refractivity contribution is 0.558. The molecule has 1 aromatic heterocycles. The summed E-state index contributed by atoms with van der Waals surface area (Å²) in [6.07, 6.45) is 1.48. The van der Waals surface area contributed by atoms with Crippen LogP contribution in [0.4, 0.5) is 0 Å². The number of hydrogen-bond donors (Lipinski definition) is 0. The lowest BCUT2D eigenvalue weighted by Crippen LogP contribution is -2.42. The van der Waals surface area contributed by atoms with Crippen LogP contribution in [0.3, 0.4) is 0 Å². The quantitative estimate of drug-likeness (QED) is 0.673. The fourth-order valence-corrected chi connectivity index (χ4v) is 3.03. The average Bonchev–Trinajstić information content (AvgIpc) is 2.33. The van der Waals surface area contributed by atoms with Crippen LogP contribution in [0.15, 0.2) is 15.8 Å². The van der Waals surface area contributed by atoms with Crippen LogP contribution in [-0.2, 0) is 22.9 Å². The van der Waals surface area contributed by atoms with Gasteiger partial charge in [-0.1, -0.05) is 0 Å². The molecular formula is C11H17IN2O4S. The molecule has 1 rings (SSSR count). The highest BCUT2D eigenvalue weighted by atomic mass is 127. The third-order valence-electron chi connectivity index (χ3n) is 2.85. The number of nitrogens with zero attached hydrogens (tertiary/aromatic N) is 2. The molecule has 0 atom stereocenters. The van der Waals surface area contributed by atoms with Crippen molar-refractivity contribution in [2.24, 2.45) is 0 Å². The molecule has 0 aliphatic carbocycles. The van der Waals surface area contributed by atoms with E-state index < -0.39 is 26.3 Å². The molecule has 0 aromatic carbocycles. The van der Waals surface area contributed by atoms with Gasteiger partial charge in [0.25, 0.3) is 5.56 Å². The Labute approximate surface area is 125 Å². The van der Waals surface area contributed by atoms with Crippen molar-refractivity contribution in [3.05, 3.63) is 30.6 Å². The zero-order valence-electron chi connectivity index (χ0n) is 11.1. The van der Waals surface area contributed by atoms with E-state index in [9.17, 15) is 18.0 Å². The van der Waals surface area contributed by atoms with E-state index in [2.05, 4.69) is 0 Å². The highest BCUT2D eigenvalue weighted by Gasteiger charge is 2.18. The fraction of sp³-hybridized carbons (Fsp3) is 0.636. The SMILES string of the molecule is CCn1cc(I)c(=O)n(CCS(=O)(=O)C(C)C)c1=O. The molecule has 0 unspecified atom stereocenters. The summed E-state index contributed by atoms with van der Waals surface area (Å²) in [5.74, 6) is -0.205. The minimum atomic E-state index is -3.27. The summed E-state index contributed by atoms with van der Waals surface area (Å²) in [6.45, 7) is 5.28. The van der Waals surface area contributed by atoms with E-state index in [1.54, 1.807) is 20.8 Å². The van der Waals surface area contributed by atoms with Gasteiger partial charge in [-0.2, -0.15) is 0 Å². The van der Waals surface area contributed by atoms with E-state index >= 15 is 0 Å². The summed E-state index contributed by atoms with van der Waals surface area (Å²) in [4.78, 5) is 23.9. The summed E-state index contributed by atoms with van der Waals surface area (Å²) < 4.78 is 26.3. The Hall–Kier alpha value is -0.640. The van der Waals surface area contributed by atoms with E-state index in [0.29, 0.717) is 10.1 Å². The Kier molecular flexibility index (Phi) is 5.36. The predicted molar refractivity (Wildman–Crippen MR) is 82.3 cm³/mol. The van der Waals surface area contributed by atoms with E-state index in [1.165, 1.54) is 10.8 Å². The normalized spacial score (nSPS) is 12.1. The van der Waals surface area contributed by atoms with E-state index in [0.717, 1.165) is 4.57 Å². The molecule has 19 heavy (non-hydrogen) atoms. The van der Waals surface area contributed by atoms with Crippen molar-refractivity contribution in [1.29, 1.82) is 0 Å². The number of halogens is 1. The molecule has 0 saturated carbocycles. The summed E-state index contributed by atoms with van der Waals surface area (Å²) >= 11 is 1.85. The summed E-state index contributed by atoms with van der Waals surface area (Å²) in [7, 11) is -3.27. The van der Waals surface area contributed by atoms with E-state index in [1.807, 2.05) is 22.6 Å². The van der Waals surface area contributed by atoms with Gasteiger partial charge in [0.1, 0.15) is 0 Å². The molecule has 0 aliphatic rings. The largest absolute Gasteiger partial charge is 0.331 e. The minimum absolute atomic E-state index is 0.102.